The Morgan fingerprint density at radius 1 is 1.00 bits per heavy atom. The van der Waals surface area contributed by atoms with Crippen LogP contribution in [0.1, 0.15) is 114 Å². The highest BCUT2D eigenvalue weighted by molar-refractivity contribution is 5.92. The van der Waals surface area contributed by atoms with Gasteiger partial charge >= 0.3 is 5.97 Å². The number of halogens is 1. The molecule has 4 rings (SSSR count). The zero-order valence-electron chi connectivity index (χ0n) is 31.6. The third-order valence-electron chi connectivity index (χ3n) is 9.95. The van der Waals surface area contributed by atoms with Crippen LogP contribution in [0.2, 0.25) is 0 Å². The molecule has 2 heterocycles. The highest BCUT2D eigenvalue weighted by Gasteiger charge is 2.20. The molecule has 0 aromatic heterocycles. The molecule has 1 N–H and O–H groups in total. The molecule has 2 aliphatic rings. The number of carbonyl (C=O) groups is 1. The van der Waals surface area contributed by atoms with Crippen LogP contribution < -0.4 is 14.7 Å². The molecule has 0 saturated carbocycles. The largest absolute Gasteiger partial charge is 0.478 e. The first kappa shape index (κ1) is 41.3. The number of benzene rings is 2. The van der Waals surface area contributed by atoms with Gasteiger partial charge in [0.15, 0.2) is 0 Å². The van der Waals surface area contributed by atoms with Crippen LogP contribution in [0.5, 0.6) is 0 Å². The fourth-order valence-electron chi connectivity index (χ4n) is 7.09. The number of hydrogen-bond donors (Lipinski definition) is 1. The number of anilines is 3. The van der Waals surface area contributed by atoms with Crippen LogP contribution >= 0.6 is 0 Å². The number of rotatable bonds is 18. The Bertz CT molecular complexity index is 1470. The summed E-state index contributed by atoms with van der Waals surface area (Å²) in [6.45, 7) is 14.1. The first-order valence-corrected chi connectivity index (χ1v) is 19.1. The van der Waals surface area contributed by atoms with Gasteiger partial charge in [0.25, 0.3) is 0 Å². The molecule has 7 nitrogen and oxygen atoms in total. The second-order valence-electron chi connectivity index (χ2n) is 13.4. The van der Waals surface area contributed by atoms with E-state index in [9.17, 15) is 9.90 Å². The Morgan fingerprint density at radius 3 is 2.31 bits per heavy atom. The molecule has 2 aromatic rings. The van der Waals surface area contributed by atoms with Crippen molar-refractivity contribution < 1.29 is 19.0 Å². The summed E-state index contributed by atoms with van der Waals surface area (Å²) in [5, 5.41) is 9.69. The summed E-state index contributed by atoms with van der Waals surface area (Å²) in [4.78, 5) is 23.8. The van der Waals surface area contributed by atoms with E-state index in [0.29, 0.717) is 23.9 Å². The van der Waals surface area contributed by atoms with Gasteiger partial charge in [0.1, 0.15) is 5.83 Å². The number of unbranched alkanes of at least 4 members (excludes halogenated alkanes) is 1. The summed E-state index contributed by atoms with van der Waals surface area (Å²) in [5.74, 6) is -1.27. The SMILES string of the molecule is C#C.C/C=C(/C=Nc1cc(C(=O)O)ccc1N(CC)C(CC)CCCC)C/C(F)=C\COCc1cc(N2CCCC2)ccc1N1CCCCCC1. The average molecular weight is 701 g/mol. The van der Waals surface area contributed by atoms with E-state index < -0.39 is 5.97 Å². The summed E-state index contributed by atoms with van der Waals surface area (Å²) in [6.07, 6.45) is 24.9. The van der Waals surface area contributed by atoms with Crippen molar-refractivity contribution in [2.24, 2.45) is 4.99 Å². The van der Waals surface area contributed by atoms with Crippen molar-refractivity contribution in [2.75, 3.05) is 54.0 Å². The Morgan fingerprint density at radius 2 is 1.69 bits per heavy atom. The molecule has 51 heavy (non-hydrogen) atoms. The minimum absolute atomic E-state index is 0.0896. The van der Waals surface area contributed by atoms with E-state index in [2.05, 4.69) is 66.5 Å². The van der Waals surface area contributed by atoms with Gasteiger partial charge in [-0.15, -0.1) is 12.8 Å². The van der Waals surface area contributed by atoms with E-state index in [1.807, 2.05) is 19.1 Å². The van der Waals surface area contributed by atoms with Gasteiger partial charge in [-0.25, -0.2) is 9.18 Å². The first-order valence-electron chi connectivity index (χ1n) is 19.1. The maximum Gasteiger partial charge on any atom is 0.335 e. The lowest BCUT2D eigenvalue weighted by molar-refractivity contribution is 0.0697. The van der Waals surface area contributed by atoms with E-state index in [1.54, 1.807) is 18.3 Å². The van der Waals surface area contributed by atoms with Crippen molar-refractivity contribution in [3.8, 4) is 12.8 Å². The minimum atomic E-state index is -0.995. The number of ether oxygens (including phenoxy) is 1. The first-order chi connectivity index (χ1) is 24.9. The van der Waals surface area contributed by atoms with Crippen LogP contribution in [0.4, 0.5) is 27.1 Å². The van der Waals surface area contributed by atoms with Gasteiger partial charge in [-0.3, -0.25) is 4.99 Å². The monoisotopic (exact) mass is 700 g/mol. The number of carboxylic acid groups (broad SMARTS) is 1. The number of terminal acetylenes is 1. The van der Waals surface area contributed by atoms with Crippen LogP contribution in [0.25, 0.3) is 0 Å². The topological polar surface area (TPSA) is 68.6 Å². The molecule has 8 heteroatoms. The summed E-state index contributed by atoms with van der Waals surface area (Å²) in [5.41, 5.74) is 6.04. The van der Waals surface area contributed by atoms with E-state index in [1.165, 1.54) is 61.5 Å². The molecule has 278 valence electrons. The number of aliphatic imine (C=N–C) groups is 1. The number of carboxylic acids is 1. The van der Waals surface area contributed by atoms with Crippen molar-refractivity contribution in [3.05, 3.63) is 71.1 Å². The van der Waals surface area contributed by atoms with Crippen LogP contribution in [-0.2, 0) is 11.3 Å². The third kappa shape index (κ3) is 12.6. The number of allylic oxidation sites excluding steroid dienone is 3. The molecule has 2 aromatic carbocycles. The van der Waals surface area contributed by atoms with E-state index in [0.717, 1.165) is 64.1 Å². The lowest BCUT2D eigenvalue weighted by Gasteiger charge is -2.33. The predicted molar refractivity (Wildman–Crippen MR) is 214 cm³/mol. The van der Waals surface area contributed by atoms with Crippen LogP contribution in [0.15, 0.2) is 64.9 Å². The van der Waals surface area contributed by atoms with Crippen LogP contribution in [-0.4, -0.2) is 62.7 Å². The Hall–Kier alpha value is -4.09. The smallest absolute Gasteiger partial charge is 0.335 e. The quantitative estimate of drug-likeness (QED) is 0.0948. The molecule has 1 atom stereocenters. The van der Waals surface area contributed by atoms with Crippen molar-refractivity contribution >= 4 is 34.9 Å². The molecule has 2 fully saturated rings. The molecule has 1 unspecified atom stereocenters. The van der Waals surface area contributed by atoms with Crippen LogP contribution in [0, 0.1) is 12.8 Å². The fourth-order valence-corrected chi connectivity index (χ4v) is 7.09. The zero-order chi connectivity index (χ0) is 37.0. The van der Waals surface area contributed by atoms with Gasteiger partial charge in [-0.2, -0.15) is 0 Å². The number of hydrogen-bond acceptors (Lipinski definition) is 6. The molecule has 0 radical (unpaired) electrons. The average Bonchev–Trinajstić information content (AvgIpc) is 3.57. The number of nitrogens with zero attached hydrogens (tertiary/aromatic N) is 4. The Balaban J connectivity index is 0.00000345. The van der Waals surface area contributed by atoms with E-state index in [4.69, 9.17) is 9.73 Å². The molecule has 0 spiro atoms. The summed E-state index contributed by atoms with van der Waals surface area (Å²) >= 11 is 0. The second kappa shape index (κ2) is 22.7. The molecular weight excluding hydrogens is 639 g/mol. The second-order valence-corrected chi connectivity index (χ2v) is 13.4. The van der Waals surface area contributed by atoms with E-state index >= 15 is 4.39 Å². The number of aromatic carboxylic acids is 1. The molecule has 0 bridgehead atoms. The van der Waals surface area contributed by atoms with Crippen molar-refractivity contribution in [2.45, 2.75) is 111 Å². The highest BCUT2D eigenvalue weighted by atomic mass is 19.1. The third-order valence-corrected chi connectivity index (χ3v) is 9.95. The molecule has 0 amide bonds. The van der Waals surface area contributed by atoms with Crippen LogP contribution in [0.3, 0.4) is 0 Å². The maximum atomic E-state index is 15.3. The van der Waals surface area contributed by atoms with Gasteiger partial charge < -0.3 is 24.5 Å². The molecule has 2 saturated heterocycles. The normalized spacial score (nSPS) is 16.1. The summed E-state index contributed by atoms with van der Waals surface area (Å²) in [6, 6.07) is 12.2. The predicted octanol–water partition coefficient (Wildman–Crippen LogP) is 10.5. The van der Waals surface area contributed by atoms with Crippen molar-refractivity contribution in [3.63, 3.8) is 0 Å². The van der Waals surface area contributed by atoms with Crippen molar-refractivity contribution in [1.29, 1.82) is 0 Å². The zero-order valence-corrected chi connectivity index (χ0v) is 31.6. The maximum absolute atomic E-state index is 15.3. The molecule has 2 aliphatic heterocycles. The lowest BCUT2D eigenvalue weighted by Crippen LogP contribution is -2.34. The van der Waals surface area contributed by atoms with Gasteiger partial charge in [-0.1, -0.05) is 45.6 Å². The molecular formula is C43H61FN4O3. The van der Waals surface area contributed by atoms with Gasteiger partial charge in [0, 0.05) is 68.3 Å². The van der Waals surface area contributed by atoms with Gasteiger partial charge in [-0.05, 0) is 100 Å². The van der Waals surface area contributed by atoms with E-state index in [-0.39, 0.29) is 24.4 Å². The summed E-state index contributed by atoms with van der Waals surface area (Å²) < 4.78 is 21.3. The Kier molecular flexibility index (Phi) is 18.4. The Labute approximate surface area is 307 Å². The van der Waals surface area contributed by atoms with Gasteiger partial charge in [0.05, 0.1) is 30.2 Å². The standard InChI is InChI=1S/C41H59FN4O3.C2H2/c1-5-9-16-36(7-3)46(8-4)40-19-17-33(41(47)48)29-38(40)43-30-32(6-2)27-35(42)21-26-49-31-34-28-37(44-22-14-15-23-44)18-20-39(34)45-24-12-10-11-13-25-45;1-2/h6,17-21,28-30,36H,5,7-16,22-27,31H2,1-4H3,(H,47,48);1-2H/b32-6+,35-21+,43-30?;. The highest BCUT2D eigenvalue weighted by Crippen LogP contribution is 2.34. The van der Waals surface area contributed by atoms with Crippen molar-refractivity contribution in [1.82, 2.24) is 0 Å². The minimum Gasteiger partial charge on any atom is -0.478 e. The van der Waals surface area contributed by atoms with Gasteiger partial charge in [0.2, 0.25) is 0 Å². The lowest BCUT2D eigenvalue weighted by atomic mass is 10.0. The fraction of sp³-hybridized carbons (Fsp3) is 0.535. The molecule has 0 aliphatic carbocycles. The summed E-state index contributed by atoms with van der Waals surface area (Å²) in [7, 11) is 0.